The number of benzene rings is 1. The molecule has 0 aliphatic carbocycles. The van der Waals surface area contributed by atoms with E-state index in [1.165, 1.54) is 16.4 Å². The fourth-order valence-electron chi connectivity index (χ4n) is 2.78. The molecule has 134 valence electrons. The lowest BCUT2D eigenvalue weighted by Crippen LogP contribution is -2.47. The predicted molar refractivity (Wildman–Crippen MR) is 92.4 cm³/mol. The van der Waals surface area contributed by atoms with E-state index in [-0.39, 0.29) is 29.3 Å². The Labute approximate surface area is 148 Å². The molecule has 1 amide bonds. The Morgan fingerprint density at radius 2 is 2.08 bits per heavy atom. The molecule has 0 radical (unpaired) electrons. The summed E-state index contributed by atoms with van der Waals surface area (Å²) in [6, 6.07) is 5.97. The minimum atomic E-state index is -3.61. The van der Waals surface area contributed by atoms with Crippen LogP contribution in [0.25, 0.3) is 0 Å². The second kappa shape index (κ2) is 8.29. The summed E-state index contributed by atoms with van der Waals surface area (Å²) in [5, 5.41) is 3.35. The third-order valence-electron chi connectivity index (χ3n) is 4.01. The average Bonchev–Trinajstić information content (AvgIpc) is 2.55. The Bertz CT molecular complexity index is 663. The van der Waals surface area contributed by atoms with E-state index in [2.05, 4.69) is 5.32 Å². The molecule has 0 spiro atoms. The van der Waals surface area contributed by atoms with Crippen LogP contribution < -0.4 is 5.32 Å². The molecule has 1 aromatic carbocycles. The van der Waals surface area contributed by atoms with E-state index < -0.39 is 10.0 Å². The topological polar surface area (TPSA) is 75.7 Å². The van der Waals surface area contributed by atoms with Crippen LogP contribution in [0.15, 0.2) is 29.2 Å². The molecule has 1 aromatic rings. The number of nitrogens with one attached hydrogen (secondary N) is 1. The normalized spacial score (nSPS) is 20.5. The van der Waals surface area contributed by atoms with E-state index in [0.29, 0.717) is 31.0 Å². The van der Waals surface area contributed by atoms with Crippen LogP contribution in [0.1, 0.15) is 19.8 Å². The van der Waals surface area contributed by atoms with Gasteiger partial charge < -0.3 is 10.1 Å². The Hall–Kier alpha value is -1.15. The maximum absolute atomic E-state index is 12.7. The Morgan fingerprint density at radius 1 is 1.42 bits per heavy atom. The van der Waals surface area contributed by atoms with Gasteiger partial charge in [0.25, 0.3) is 0 Å². The highest BCUT2D eigenvalue weighted by Gasteiger charge is 2.33. The first-order valence-corrected chi connectivity index (χ1v) is 9.71. The molecule has 2 rings (SSSR count). The highest BCUT2D eigenvalue weighted by atomic mass is 35.5. The molecular weight excluding hydrogens is 352 g/mol. The van der Waals surface area contributed by atoms with Gasteiger partial charge in [0.15, 0.2) is 0 Å². The van der Waals surface area contributed by atoms with Crippen LogP contribution in [0.5, 0.6) is 0 Å². The van der Waals surface area contributed by atoms with E-state index >= 15 is 0 Å². The van der Waals surface area contributed by atoms with Gasteiger partial charge in [0.2, 0.25) is 15.9 Å². The first-order valence-electron chi connectivity index (χ1n) is 7.89. The zero-order valence-electron chi connectivity index (χ0n) is 13.9. The van der Waals surface area contributed by atoms with Crippen LogP contribution in [0.4, 0.5) is 0 Å². The monoisotopic (exact) mass is 374 g/mol. The van der Waals surface area contributed by atoms with Crippen molar-refractivity contribution < 1.29 is 17.9 Å². The van der Waals surface area contributed by atoms with Gasteiger partial charge in [-0.3, -0.25) is 4.79 Å². The molecule has 1 aliphatic rings. The van der Waals surface area contributed by atoms with Gasteiger partial charge in [-0.15, -0.1) is 0 Å². The standard InChI is InChI=1S/C16H23ClN2O4S/c1-12(11-23-2)18-16(20)13-4-3-9-19(10-13)24(21,22)15-7-5-14(17)6-8-15/h5-8,12-13H,3-4,9-11H2,1-2H3,(H,18,20)/t12-,13-/m1/s1. The van der Waals surface area contributed by atoms with Gasteiger partial charge in [-0.1, -0.05) is 11.6 Å². The predicted octanol–water partition coefficient (Wildman–Crippen LogP) is 1.89. The van der Waals surface area contributed by atoms with Crippen molar-refractivity contribution in [1.29, 1.82) is 0 Å². The smallest absolute Gasteiger partial charge is 0.243 e. The number of rotatable bonds is 6. The number of hydrogen-bond acceptors (Lipinski definition) is 4. The molecule has 2 atom stereocenters. The van der Waals surface area contributed by atoms with Crippen molar-refractivity contribution in [3.8, 4) is 0 Å². The summed E-state index contributed by atoms with van der Waals surface area (Å²) >= 11 is 5.81. The lowest BCUT2D eigenvalue weighted by atomic mass is 9.98. The minimum absolute atomic E-state index is 0.106. The zero-order chi connectivity index (χ0) is 17.7. The highest BCUT2D eigenvalue weighted by molar-refractivity contribution is 7.89. The lowest BCUT2D eigenvalue weighted by molar-refractivity contribution is -0.127. The van der Waals surface area contributed by atoms with Crippen LogP contribution in [0.3, 0.4) is 0 Å². The van der Waals surface area contributed by atoms with Crippen molar-refractivity contribution in [2.24, 2.45) is 5.92 Å². The maximum atomic E-state index is 12.7. The first-order chi connectivity index (χ1) is 11.3. The van der Waals surface area contributed by atoms with Crippen LogP contribution in [-0.4, -0.2) is 51.5 Å². The molecule has 1 heterocycles. The van der Waals surface area contributed by atoms with Gasteiger partial charge >= 0.3 is 0 Å². The second-order valence-electron chi connectivity index (χ2n) is 6.02. The molecule has 6 nitrogen and oxygen atoms in total. The number of piperidine rings is 1. The summed E-state index contributed by atoms with van der Waals surface area (Å²) < 4.78 is 31.8. The maximum Gasteiger partial charge on any atom is 0.243 e. The molecule has 0 unspecified atom stereocenters. The van der Waals surface area contributed by atoms with E-state index in [4.69, 9.17) is 16.3 Å². The fourth-order valence-corrected chi connectivity index (χ4v) is 4.43. The Balaban J connectivity index is 2.07. The number of methoxy groups -OCH3 is 1. The number of carbonyl (C=O) groups excluding carboxylic acids is 1. The Kier molecular flexibility index (Phi) is 6.62. The molecule has 1 aliphatic heterocycles. The summed E-state index contributed by atoms with van der Waals surface area (Å²) in [5.41, 5.74) is 0. The summed E-state index contributed by atoms with van der Waals surface area (Å²) in [6.07, 6.45) is 1.34. The van der Waals surface area contributed by atoms with Crippen LogP contribution in [0.2, 0.25) is 5.02 Å². The number of ether oxygens (including phenoxy) is 1. The lowest BCUT2D eigenvalue weighted by Gasteiger charge is -2.31. The third-order valence-corrected chi connectivity index (χ3v) is 6.14. The quantitative estimate of drug-likeness (QED) is 0.825. The van der Waals surface area contributed by atoms with Gasteiger partial charge in [0.1, 0.15) is 0 Å². The van der Waals surface area contributed by atoms with Gasteiger partial charge in [-0.05, 0) is 44.0 Å². The molecule has 1 fully saturated rings. The van der Waals surface area contributed by atoms with Crippen molar-refractivity contribution in [2.75, 3.05) is 26.8 Å². The summed E-state index contributed by atoms with van der Waals surface area (Å²) in [6.45, 7) is 2.89. The number of sulfonamides is 1. The van der Waals surface area contributed by atoms with Gasteiger partial charge in [0, 0.05) is 31.3 Å². The van der Waals surface area contributed by atoms with Crippen LogP contribution in [0, 0.1) is 5.92 Å². The van der Waals surface area contributed by atoms with E-state index in [9.17, 15) is 13.2 Å². The van der Waals surface area contributed by atoms with Gasteiger partial charge in [0.05, 0.1) is 17.4 Å². The number of nitrogens with zero attached hydrogens (tertiary/aromatic N) is 1. The molecule has 0 bridgehead atoms. The summed E-state index contributed by atoms with van der Waals surface area (Å²) in [5.74, 6) is -0.476. The molecule has 0 aromatic heterocycles. The van der Waals surface area contributed by atoms with Crippen molar-refractivity contribution >= 4 is 27.5 Å². The number of amides is 1. The average molecular weight is 375 g/mol. The number of hydrogen-bond donors (Lipinski definition) is 1. The fraction of sp³-hybridized carbons (Fsp3) is 0.562. The van der Waals surface area contributed by atoms with Crippen molar-refractivity contribution in [3.05, 3.63) is 29.3 Å². The minimum Gasteiger partial charge on any atom is -0.383 e. The van der Waals surface area contributed by atoms with Crippen molar-refractivity contribution in [1.82, 2.24) is 9.62 Å². The number of carbonyl (C=O) groups is 1. The largest absolute Gasteiger partial charge is 0.383 e. The van der Waals surface area contributed by atoms with Gasteiger partial charge in [-0.25, -0.2) is 8.42 Å². The number of halogens is 1. The van der Waals surface area contributed by atoms with E-state index in [1.54, 1.807) is 19.2 Å². The van der Waals surface area contributed by atoms with E-state index in [0.717, 1.165) is 0 Å². The van der Waals surface area contributed by atoms with Crippen LogP contribution >= 0.6 is 11.6 Å². The molecule has 8 heteroatoms. The summed E-state index contributed by atoms with van der Waals surface area (Å²) in [7, 11) is -2.04. The molecule has 24 heavy (non-hydrogen) atoms. The van der Waals surface area contributed by atoms with Crippen molar-refractivity contribution in [3.63, 3.8) is 0 Å². The molecule has 1 saturated heterocycles. The Morgan fingerprint density at radius 3 is 2.71 bits per heavy atom. The van der Waals surface area contributed by atoms with Gasteiger partial charge in [-0.2, -0.15) is 4.31 Å². The third kappa shape index (κ3) is 4.69. The molecule has 1 N–H and O–H groups in total. The summed E-state index contributed by atoms with van der Waals surface area (Å²) in [4.78, 5) is 12.5. The molecule has 0 saturated carbocycles. The molecular formula is C16H23ClN2O4S. The van der Waals surface area contributed by atoms with E-state index in [1.807, 2.05) is 6.92 Å². The first kappa shape index (κ1) is 19.2. The van der Waals surface area contributed by atoms with Crippen molar-refractivity contribution in [2.45, 2.75) is 30.7 Å². The second-order valence-corrected chi connectivity index (χ2v) is 8.40. The zero-order valence-corrected chi connectivity index (χ0v) is 15.4. The van der Waals surface area contributed by atoms with Crippen LogP contribution in [-0.2, 0) is 19.6 Å². The SMILES string of the molecule is COC[C@@H](C)NC(=O)[C@@H]1CCCN(S(=O)(=O)c2ccc(Cl)cc2)C1. The highest BCUT2D eigenvalue weighted by Crippen LogP contribution is 2.24.